The van der Waals surface area contributed by atoms with Gasteiger partial charge in [0.15, 0.2) is 11.9 Å². The fourth-order valence-electron chi connectivity index (χ4n) is 2.81. The number of guanidine groups is 2. The molecule has 34 heavy (non-hydrogen) atoms. The molecule has 0 aromatic carbocycles. The Labute approximate surface area is 211 Å². The molecule has 2 heterocycles. The number of thioether (sulfide) groups is 2. The number of nitrogens with zero attached hydrogens (tertiary/aromatic N) is 4. The normalized spacial score (nSPS) is 11.9. The molecule has 0 radical (unpaired) electrons. The first-order valence-electron chi connectivity index (χ1n) is 11.2. The van der Waals surface area contributed by atoms with Gasteiger partial charge < -0.3 is 26.8 Å². The third-order valence-electron chi connectivity index (χ3n) is 4.65. The molecule has 0 saturated heterocycles. The average molecular weight is 505 g/mol. The third kappa shape index (κ3) is 11.5. The predicted molar refractivity (Wildman–Crippen MR) is 146 cm³/mol. The van der Waals surface area contributed by atoms with E-state index in [1.54, 1.807) is 25.1 Å². The van der Waals surface area contributed by atoms with Crippen LogP contribution >= 0.6 is 23.5 Å². The molecular weight excluding hydrogens is 468 g/mol. The molecule has 2 rings (SSSR count). The Morgan fingerprint density at radius 2 is 1.47 bits per heavy atom. The zero-order valence-corrected chi connectivity index (χ0v) is 21.6. The number of hydrogen-bond donors (Lipinski definition) is 4. The number of hydrogen-bond acceptors (Lipinski definition) is 7. The number of methoxy groups -OCH3 is 1. The molecule has 9 nitrogen and oxygen atoms in total. The minimum Gasteiger partial charge on any atom is -0.495 e. The fourth-order valence-corrected chi connectivity index (χ4v) is 4.50. The van der Waals surface area contributed by atoms with E-state index in [-0.39, 0.29) is 0 Å². The van der Waals surface area contributed by atoms with E-state index in [0.717, 1.165) is 59.7 Å². The van der Waals surface area contributed by atoms with Crippen molar-refractivity contribution >= 4 is 35.4 Å². The van der Waals surface area contributed by atoms with E-state index in [4.69, 9.17) is 16.2 Å². The van der Waals surface area contributed by atoms with Gasteiger partial charge in [-0.25, -0.2) is 0 Å². The Bertz CT molecular complexity index is 910. The van der Waals surface area contributed by atoms with E-state index in [2.05, 4.69) is 43.6 Å². The van der Waals surface area contributed by atoms with Crippen LogP contribution in [0, 0.1) is 6.92 Å². The van der Waals surface area contributed by atoms with E-state index in [1.807, 2.05) is 36.2 Å². The van der Waals surface area contributed by atoms with Crippen molar-refractivity contribution < 1.29 is 4.74 Å². The van der Waals surface area contributed by atoms with Crippen LogP contribution in [0.5, 0.6) is 5.75 Å². The molecule has 11 heteroatoms. The lowest BCUT2D eigenvalue weighted by molar-refractivity contribution is 0.409. The molecule has 0 amide bonds. The first kappa shape index (κ1) is 27.6. The van der Waals surface area contributed by atoms with E-state index in [0.29, 0.717) is 25.0 Å². The molecule has 0 unspecified atom stereocenters. The second-order valence-electron chi connectivity index (χ2n) is 7.27. The van der Waals surface area contributed by atoms with Crippen molar-refractivity contribution in [3.63, 3.8) is 0 Å². The highest BCUT2D eigenvalue weighted by Gasteiger charge is 2.03. The van der Waals surface area contributed by atoms with Gasteiger partial charge in [-0.05, 0) is 37.1 Å². The lowest BCUT2D eigenvalue weighted by atomic mass is 10.2. The Kier molecular flexibility index (Phi) is 13.7. The van der Waals surface area contributed by atoms with Crippen LogP contribution in [0.25, 0.3) is 0 Å². The number of nitrogens with two attached hydrogens (primary N) is 2. The maximum Gasteiger partial charge on any atom is 0.188 e. The van der Waals surface area contributed by atoms with Gasteiger partial charge in [-0.1, -0.05) is 6.07 Å². The molecule has 0 aliphatic carbocycles. The summed E-state index contributed by atoms with van der Waals surface area (Å²) in [6.45, 7) is 4.81. The van der Waals surface area contributed by atoms with E-state index >= 15 is 0 Å². The van der Waals surface area contributed by atoms with Crippen molar-refractivity contribution in [2.75, 3.05) is 44.8 Å². The summed E-state index contributed by atoms with van der Waals surface area (Å²) in [4.78, 5) is 17.4. The molecule has 0 spiro atoms. The summed E-state index contributed by atoms with van der Waals surface area (Å²) < 4.78 is 5.31. The van der Waals surface area contributed by atoms with Crippen LogP contribution in [-0.4, -0.2) is 66.7 Å². The molecule has 2 aromatic rings. The Hall–Kier alpha value is -2.66. The van der Waals surface area contributed by atoms with Crippen molar-refractivity contribution in [2.24, 2.45) is 21.5 Å². The molecule has 2 aromatic heterocycles. The highest BCUT2D eigenvalue weighted by molar-refractivity contribution is 7.98. The van der Waals surface area contributed by atoms with Crippen LogP contribution in [0.4, 0.5) is 0 Å². The van der Waals surface area contributed by atoms with Crippen molar-refractivity contribution in [3.8, 4) is 5.75 Å². The van der Waals surface area contributed by atoms with Crippen molar-refractivity contribution in [3.05, 3.63) is 53.6 Å². The predicted octanol–water partition coefficient (Wildman–Crippen LogP) is 2.16. The quantitative estimate of drug-likeness (QED) is 0.163. The Morgan fingerprint density at radius 1 is 0.912 bits per heavy atom. The zero-order chi connectivity index (χ0) is 24.4. The fraction of sp³-hybridized carbons (Fsp3) is 0.478. The second-order valence-corrected chi connectivity index (χ2v) is 9.48. The van der Waals surface area contributed by atoms with Crippen LogP contribution < -0.4 is 26.8 Å². The van der Waals surface area contributed by atoms with Crippen LogP contribution in [0.15, 0.2) is 46.6 Å². The Morgan fingerprint density at radius 3 is 2.06 bits per heavy atom. The Balaban J connectivity index is 1.47. The molecule has 6 N–H and O–H groups in total. The van der Waals surface area contributed by atoms with Gasteiger partial charge in [0.25, 0.3) is 0 Å². The maximum atomic E-state index is 5.92. The van der Waals surface area contributed by atoms with Gasteiger partial charge in [-0.3, -0.25) is 20.0 Å². The van der Waals surface area contributed by atoms with E-state index in [1.165, 1.54) is 5.56 Å². The van der Waals surface area contributed by atoms with Crippen LogP contribution in [0.3, 0.4) is 0 Å². The van der Waals surface area contributed by atoms with Gasteiger partial charge in [0.2, 0.25) is 0 Å². The molecule has 0 bridgehead atoms. The molecular formula is C23H36N8OS2. The third-order valence-corrected chi connectivity index (χ3v) is 6.59. The van der Waals surface area contributed by atoms with E-state index in [9.17, 15) is 0 Å². The zero-order valence-electron chi connectivity index (χ0n) is 20.0. The number of aliphatic imine (C=N–C) groups is 2. The number of rotatable bonds is 15. The van der Waals surface area contributed by atoms with Crippen LogP contribution in [0.2, 0.25) is 0 Å². The molecule has 0 fully saturated rings. The summed E-state index contributed by atoms with van der Waals surface area (Å²) in [5, 5.41) is 6.27. The number of nitrogens with one attached hydrogen (secondary N) is 2. The van der Waals surface area contributed by atoms with Crippen molar-refractivity contribution in [2.45, 2.75) is 24.9 Å². The maximum absolute atomic E-state index is 5.92. The largest absolute Gasteiger partial charge is 0.495 e. The summed E-state index contributed by atoms with van der Waals surface area (Å²) in [5.41, 5.74) is 15.1. The number of aryl methyl sites for hydroxylation is 1. The van der Waals surface area contributed by atoms with Gasteiger partial charge in [0, 0.05) is 61.6 Å². The van der Waals surface area contributed by atoms with Gasteiger partial charge in [-0.15, -0.1) is 0 Å². The molecule has 186 valence electrons. The lowest BCUT2D eigenvalue weighted by Gasteiger charge is -2.08. The summed E-state index contributed by atoms with van der Waals surface area (Å²) in [5.74, 6) is 5.25. The summed E-state index contributed by atoms with van der Waals surface area (Å²) in [7, 11) is 1.66. The SMILES string of the molecule is COc1cccnc1CSCCNC(N)=NCCCN=C(N)NCCSCc1ncccc1C. The minimum atomic E-state index is 0.450. The molecule has 0 aliphatic heterocycles. The standard InChI is InChI=1S/C23H36N8OS2/c1-18-6-3-8-26-19(18)16-33-14-12-30-22(24)28-10-5-11-29-23(25)31-13-15-34-17-20-21(32-2)7-4-9-27-20/h3-4,6-9H,5,10-17H2,1-2H3,(H3,24,28,30)(H3,25,29,31). The lowest BCUT2D eigenvalue weighted by Crippen LogP contribution is -2.34. The monoisotopic (exact) mass is 504 g/mol. The van der Waals surface area contributed by atoms with Crippen molar-refractivity contribution in [1.82, 2.24) is 20.6 Å². The van der Waals surface area contributed by atoms with Crippen LogP contribution in [0.1, 0.15) is 23.4 Å². The smallest absolute Gasteiger partial charge is 0.188 e. The summed E-state index contributed by atoms with van der Waals surface area (Å²) >= 11 is 3.59. The van der Waals surface area contributed by atoms with Crippen molar-refractivity contribution in [1.29, 1.82) is 0 Å². The number of ether oxygens (including phenoxy) is 1. The highest BCUT2D eigenvalue weighted by Crippen LogP contribution is 2.19. The van der Waals surface area contributed by atoms with Gasteiger partial charge in [0.05, 0.1) is 18.5 Å². The first-order valence-corrected chi connectivity index (χ1v) is 13.5. The van der Waals surface area contributed by atoms with Crippen LogP contribution in [-0.2, 0) is 11.5 Å². The molecule has 0 saturated carbocycles. The average Bonchev–Trinajstić information content (AvgIpc) is 2.84. The minimum absolute atomic E-state index is 0.450. The summed E-state index contributed by atoms with van der Waals surface area (Å²) in [6, 6.07) is 7.84. The van der Waals surface area contributed by atoms with E-state index < -0.39 is 0 Å². The van der Waals surface area contributed by atoms with Gasteiger partial charge in [0.1, 0.15) is 5.75 Å². The molecule has 0 aliphatic rings. The topological polar surface area (TPSA) is 136 Å². The number of aromatic nitrogens is 2. The first-order chi connectivity index (χ1) is 16.6. The van der Waals surface area contributed by atoms with Gasteiger partial charge in [-0.2, -0.15) is 23.5 Å². The summed E-state index contributed by atoms with van der Waals surface area (Å²) in [6.07, 6.45) is 4.40. The highest BCUT2D eigenvalue weighted by atomic mass is 32.2. The second kappa shape index (κ2) is 16.9. The molecule has 0 atom stereocenters. The number of pyridine rings is 2. The van der Waals surface area contributed by atoms with Gasteiger partial charge >= 0.3 is 0 Å².